The van der Waals surface area contributed by atoms with E-state index in [-0.39, 0.29) is 6.03 Å². The van der Waals surface area contributed by atoms with Crippen LogP contribution in [0.4, 0.5) is 16.2 Å². The van der Waals surface area contributed by atoms with Crippen molar-refractivity contribution in [2.75, 3.05) is 10.6 Å². The minimum Gasteiger partial charge on any atom is -0.316 e. The Bertz CT molecular complexity index is 1050. The van der Waals surface area contributed by atoms with Crippen LogP contribution < -0.4 is 10.6 Å². The smallest absolute Gasteiger partial charge is 0.316 e. The minimum atomic E-state index is -0.254. The first kappa shape index (κ1) is 16.0. The standard InChI is InChI=1S/C22H19N3O/c1-16-15-25(19-10-6-3-7-11-19)21-13-12-18(14-20(16)21)24-22(26)23-17-8-4-2-5-9-17/h2-15H,1H3,(H2,23,24,26). The van der Waals surface area contributed by atoms with Crippen LogP contribution in [0.15, 0.2) is 85.1 Å². The highest BCUT2D eigenvalue weighted by Crippen LogP contribution is 2.27. The molecule has 0 bridgehead atoms. The van der Waals surface area contributed by atoms with E-state index < -0.39 is 0 Å². The van der Waals surface area contributed by atoms with Crippen LogP contribution in [0, 0.1) is 6.92 Å². The molecule has 0 unspecified atom stereocenters. The summed E-state index contributed by atoms with van der Waals surface area (Å²) in [6.07, 6.45) is 2.12. The van der Waals surface area contributed by atoms with E-state index in [1.54, 1.807) is 0 Å². The van der Waals surface area contributed by atoms with Gasteiger partial charge in [-0.05, 0) is 55.0 Å². The van der Waals surface area contributed by atoms with Crippen molar-refractivity contribution < 1.29 is 4.79 Å². The summed E-state index contributed by atoms with van der Waals surface area (Å²) in [5, 5.41) is 6.85. The van der Waals surface area contributed by atoms with Gasteiger partial charge in [0.25, 0.3) is 0 Å². The zero-order valence-corrected chi connectivity index (χ0v) is 14.4. The summed E-state index contributed by atoms with van der Waals surface area (Å²) in [6, 6.07) is 25.3. The first-order valence-electron chi connectivity index (χ1n) is 8.51. The lowest BCUT2D eigenvalue weighted by Crippen LogP contribution is -2.19. The van der Waals surface area contributed by atoms with Gasteiger partial charge in [0.1, 0.15) is 0 Å². The number of benzene rings is 3. The van der Waals surface area contributed by atoms with Gasteiger partial charge < -0.3 is 15.2 Å². The molecule has 0 aliphatic rings. The molecular weight excluding hydrogens is 322 g/mol. The second-order valence-electron chi connectivity index (χ2n) is 6.19. The van der Waals surface area contributed by atoms with Crippen molar-refractivity contribution >= 4 is 28.3 Å². The highest BCUT2D eigenvalue weighted by atomic mass is 16.2. The number of nitrogens with zero attached hydrogens (tertiary/aromatic N) is 1. The van der Waals surface area contributed by atoms with E-state index in [9.17, 15) is 4.79 Å². The molecule has 26 heavy (non-hydrogen) atoms. The Morgan fingerprint density at radius 1 is 0.808 bits per heavy atom. The predicted molar refractivity (Wildman–Crippen MR) is 107 cm³/mol. The van der Waals surface area contributed by atoms with Crippen LogP contribution in [0.1, 0.15) is 5.56 Å². The summed E-state index contributed by atoms with van der Waals surface area (Å²) in [5.74, 6) is 0. The number of nitrogens with one attached hydrogen (secondary N) is 2. The molecule has 0 aliphatic heterocycles. The second-order valence-corrected chi connectivity index (χ2v) is 6.19. The molecule has 4 aromatic rings. The van der Waals surface area contributed by atoms with Crippen molar-refractivity contribution in [2.24, 2.45) is 0 Å². The SMILES string of the molecule is Cc1cn(-c2ccccc2)c2ccc(NC(=O)Nc3ccccc3)cc12. The van der Waals surface area contributed by atoms with Crippen LogP contribution in [0.2, 0.25) is 0 Å². The Labute approximate surface area is 152 Å². The summed E-state index contributed by atoms with van der Waals surface area (Å²) in [7, 11) is 0. The van der Waals surface area contributed by atoms with E-state index in [0.717, 1.165) is 33.5 Å². The largest absolute Gasteiger partial charge is 0.323 e. The van der Waals surface area contributed by atoms with Gasteiger partial charge in [-0.1, -0.05) is 36.4 Å². The fourth-order valence-electron chi connectivity index (χ4n) is 3.09. The molecule has 2 amide bonds. The van der Waals surface area contributed by atoms with Crippen LogP contribution in [-0.4, -0.2) is 10.6 Å². The van der Waals surface area contributed by atoms with Gasteiger partial charge in [0.15, 0.2) is 0 Å². The van der Waals surface area contributed by atoms with Crippen LogP contribution in [-0.2, 0) is 0 Å². The van der Waals surface area contributed by atoms with E-state index in [1.165, 1.54) is 0 Å². The van der Waals surface area contributed by atoms with Gasteiger partial charge in [-0.25, -0.2) is 4.79 Å². The van der Waals surface area contributed by atoms with Gasteiger partial charge in [-0.2, -0.15) is 0 Å². The maximum Gasteiger partial charge on any atom is 0.323 e. The van der Waals surface area contributed by atoms with E-state index in [0.29, 0.717) is 0 Å². The van der Waals surface area contributed by atoms with Crippen molar-refractivity contribution in [3.63, 3.8) is 0 Å². The van der Waals surface area contributed by atoms with Crippen molar-refractivity contribution in [3.8, 4) is 5.69 Å². The maximum absolute atomic E-state index is 12.2. The molecule has 4 nitrogen and oxygen atoms in total. The molecule has 4 rings (SSSR count). The lowest BCUT2D eigenvalue weighted by Gasteiger charge is -2.09. The number of carbonyl (C=O) groups excluding carboxylic acids is 1. The van der Waals surface area contributed by atoms with Crippen molar-refractivity contribution in [2.45, 2.75) is 6.92 Å². The normalized spacial score (nSPS) is 10.7. The number of amides is 2. The Morgan fingerprint density at radius 3 is 2.19 bits per heavy atom. The first-order valence-corrected chi connectivity index (χ1v) is 8.51. The zero-order valence-electron chi connectivity index (χ0n) is 14.4. The molecule has 0 atom stereocenters. The van der Waals surface area contributed by atoms with E-state index in [1.807, 2.05) is 66.7 Å². The van der Waals surface area contributed by atoms with Crippen molar-refractivity contribution in [3.05, 3.63) is 90.6 Å². The van der Waals surface area contributed by atoms with E-state index >= 15 is 0 Å². The Balaban J connectivity index is 1.60. The number of anilines is 2. The monoisotopic (exact) mass is 341 g/mol. The number of rotatable bonds is 3. The average molecular weight is 341 g/mol. The van der Waals surface area contributed by atoms with Gasteiger partial charge in [0.2, 0.25) is 0 Å². The van der Waals surface area contributed by atoms with E-state index in [4.69, 9.17) is 0 Å². The number of hydrogen-bond donors (Lipinski definition) is 2. The summed E-state index contributed by atoms with van der Waals surface area (Å²) < 4.78 is 2.17. The van der Waals surface area contributed by atoms with Crippen molar-refractivity contribution in [1.82, 2.24) is 4.57 Å². The lowest BCUT2D eigenvalue weighted by molar-refractivity contribution is 0.262. The van der Waals surface area contributed by atoms with Gasteiger partial charge in [-0.15, -0.1) is 0 Å². The van der Waals surface area contributed by atoms with Gasteiger partial charge in [0, 0.05) is 28.6 Å². The molecule has 2 N–H and O–H groups in total. The summed E-state index contributed by atoms with van der Waals surface area (Å²) in [4.78, 5) is 12.2. The Kier molecular flexibility index (Phi) is 4.15. The fraction of sp³-hybridized carbons (Fsp3) is 0.0455. The third-order valence-corrected chi connectivity index (χ3v) is 4.33. The van der Waals surface area contributed by atoms with E-state index in [2.05, 4.69) is 40.5 Å². The topological polar surface area (TPSA) is 46.1 Å². The zero-order chi connectivity index (χ0) is 17.9. The van der Waals surface area contributed by atoms with Gasteiger partial charge in [-0.3, -0.25) is 0 Å². The van der Waals surface area contributed by atoms with Gasteiger partial charge >= 0.3 is 6.03 Å². The first-order chi connectivity index (χ1) is 12.7. The van der Waals surface area contributed by atoms with Crippen molar-refractivity contribution in [1.29, 1.82) is 0 Å². The molecule has 1 aromatic heterocycles. The molecule has 0 saturated carbocycles. The maximum atomic E-state index is 12.2. The summed E-state index contributed by atoms with van der Waals surface area (Å²) >= 11 is 0. The Morgan fingerprint density at radius 2 is 1.46 bits per heavy atom. The summed E-state index contributed by atoms with van der Waals surface area (Å²) in [5.41, 5.74) is 4.92. The third-order valence-electron chi connectivity index (χ3n) is 4.33. The molecule has 0 saturated heterocycles. The highest BCUT2D eigenvalue weighted by molar-refractivity contribution is 6.01. The number of aromatic nitrogens is 1. The molecule has 4 heteroatoms. The second kappa shape index (κ2) is 6.76. The van der Waals surface area contributed by atoms with Crippen LogP contribution in [0.3, 0.4) is 0 Å². The molecule has 1 heterocycles. The fourth-order valence-corrected chi connectivity index (χ4v) is 3.09. The van der Waals surface area contributed by atoms with Crippen LogP contribution in [0.5, 0.6) is 0 Å². The van der Waals surface area contributed by atoms with Gasteiger partial charge in [0.05, 0.1) is 5.52 Å². The molecule has 0 fully saturated rings. The number of aryl methyl sites for hydroxylation is 1. The number of hydrogen-bond acceptors (Lipinski definition) is 1. The minimum absolute atomic E-state index is 0.254. The van der Waals surface area contributed by atoms with Crippen LogP contribution in [0.25, 0.3) is 16.6 Å². The highest BCUT2D eigenvalue weighted by Gasteiger charge is 2.09. The number of urea groups is 1. The number of carbonyl (C=O) groups is 1. The molecule has 0 radical (unpaired) electrons. The number of fused-ring (bicyclic) bond motifs is 1. The molecule has 0 aliphatic carbocycles. The number of para-hydroxylation sites is 2. The predicted octanol–water partition coefficient (Wildman–Crippen LogP) is 5.58. The Hall–Kier alpha value is -3.53. The summed E-state index contributed by atoms with van der Waals surface area (Å²) in [6.45, 7) is 2.08. The molecule has 0 spiro atoms. The third kappa shape index (κ3) is 3.17. The molecule has 128 valence electrons. The molecule has 3 aromatic carbocycles. The van der Waals surface area contributed by atoms with Crippen LogP contribution >= 0.6 is 0 Å². The quantitative estimate of drug-likeness (QED) is 0.502. The lowest BCUT2D eigenvalue weighted by atomic mass is 10.2. The molecular formula is C22H19N3O. The average Bonchev–Trinajstić information content (AvgIpc) is 2.99.